The van der Waals surface area contributed by atoms with Crippen LogP contribution in [0.5, 0.6) is 0 Å². The van der Waals surface area contributed by atoms with Gasteiger partial charge in [-0.25, -0.2) is 0 Å². The van der Waals surface area contributed by atoms with Crippen molar-refractivity contribution in [3.63, 3.8) is 0 Å². The fraction of sp³-hybridized carbons (Fsp3) is 0.579. The van der Waals surface area contributed by atoms with Gasteiger partial charge in [-0.05, 0) is 31.4 Å². The first kappa shape index (κ1) is 20.1. The Bertz CT molecular complexity index is 595. The summed E-state index contributed by atoms with van der Waals surface area (Å²) in [5, 5.41) is 4.12. The number of benzene rings is 1. The molecule has 1 aliphatic carbocycles. The number of hydrogen-bond donors (Lipinski definition) is 1. The van der Waals surface area contributed by atoms with Gasteiger partial charge in [-0.3, -0.25) is 9.59 Å². The van der Waals surface area contributed by atoms with Crippen LogP contribution < -0.4 is 5.32 Å². The molecule has 1 aliphatic rings. The Morgan fingerprint density at radius 2 is 1.80 bits per heavy atom. The van der Waals surface area contributed by atoms with Crippen LogP contribution in [0.25, 0.3) is 0 Å². The molecular formula is C19H26Cl2N2O2. The van der Waals surface area contributed by atoms with Crippen molar-refractivity contribution in [2.75, 3.05) is 0 Å². The van der Waals surface area contributed by atoms with Gasteiger partial charge in [0.05, 0.1) is 0 Å². The first-order valence-electron chi connectivity index (χ1n) is 9.00. The van der Waals surface area contributed by atoms with Crippen LogP contribution in [0, 0.1) is 0 Å². The molecule has 1 N–H and O–H groups in total. The Hall–Kier alpha value is -1.26. The molecule has 1 fully saturated rings. The van der Waals surface area contributed by atoms with Gasteiger partial charge in [0.25, 0.3) is 0 Å². The maximum absolute atomic E-state index is 12.8. The summed E-state index contributed by atoms with van der Waals surface area (Å²) in [6.45, 7) is 3.95. The molecule has 2 amide bonds. The summed E-state index contributed by atoms with van der Waals surface area (Å²) >= 11 is 12.5. The summed E-state index contributed by atoms with van der Waals surface area (Å²) in [4.78, 5) is 26.9. The van der Waals surface area contributed by atoms with Gasteiger partial charge in [0.1, 0.15) is 6.04 Å². The highest BCUT2D eigenvalue weighted by atomic mass is 35.5. The summed E-state index contributed by atoms with van der Waals surface area (Å²) in [6.07, 6.45) is 5.20. The average Bonchev–Trinajstić information content (AvgIpc) is 3.09. The van der Waals surface area contributed by atoms with Crippen LogP contribution >= 0.6 is 23.2 Å². The predicted octanol–water partition coefficient (Wildman–Crippen LogP) is 4.57. The molecule has 0 saturated heterocycles. The Morgan fingerprint density at radius 3 is 2.32 bits per heavy atom. The number of carbonyl (C=O) groups excluding carboxylic acids is 2. The first-order chi connectivity index (χ1) is 12.0. The van der Waals surface area contributed by atoms with Gasteiger partial charge >= 0.3 is 0 Å². The van der Waals surface area contributed by atoms with Crippen molar-refractivity contribution >= 4 is 35.0 Å². The van der Waals surface area contributed by atoms with E-state index in [9.17, 15) is 9.59 Å². The van der Waals surface area contributed by atoms with Gasteiger partial charge in [-0.15, -0.1) is 0 Å². The van der Waals surface area contributed by atoms with Gasteiger partial charge in [0.2, 0.25) is 11.8 Å². The molecule has 0 spiro atoms. The van der Waals surface area contributed by atoms with E-state index in [1.807, 2.05) is 6.92 Å². The summed E-state index contributed by atoms with van der Waals surface area (Å²) in [7, 11) is 0. The fourth-order valence-electron chi connectivity index (χ4n) is 3.34. The van der Waals surface area contributed by atoms with E-state index in [1.165, 1.54) is 0 Å². The molecule has 6 heteroatoms. The van der Waals surface area contributed by atoms with Gasteiger partial charge in [-0.2, -0.15) is 0 Å². The summed E-state index contributed by atoms with van der Waals surface area (Å²) in [5.41, 5.74) is 0.680. The number of nitrogens with one attached hydrogen (secondary N) is 1. The number of halogens is 2. The number of carbonyl (C=O) groups is 2. The quantitative estimate of drug-likeness (QED) is 0.748. The Balaban J connectivity index is 2.21. The van der Waals surface area contributed by atoms with Crippen molar-refractivity contribution in [1.82, 2.24) is 10.2 Å². The molecular weight excluding hydrogens is 359 g/mol. The lowest BCUT2D eigenvalue weighted by Crippen LogP contribution is -2.50. The third kappa shape index (κ3) is 5.11. The molecule has 1 aromatic rings. The third-order valence-corrected chi connectivity index (χ3v) is 5.49. The predicted molar refractivity (Wildman–Crippen MR) is 102 cm³/mol. The van der Waals surface area contributed by atoms with Gasteiger partial charge in [0, 0.05) is 34.6 Å². The maximum Gasteiger partial charge on any atom is 0.243 e. The van der Waals surface area contributed by atoms with Crippen LogP contribution in [0.1, 0.15) is 57.9 Å². The molecule has 0 radical (unpaired) electrons. The van der Waals surface area contributed by atoms with Crippen LogP contribution in [-0.2, 0) is 16.1 Å². The molecule has 1 saturated carbocycles. The lowest BCUT2D eigenvalue weighted by Gasteiger charge is -2.31. The van der Waals surface area contributed by atoms with E-state index in [-0.39, 0.29) is 24.4 Å². The van der Waals surface area contributed by atoms with Crippen molar-refractivity contribution in [1.29, 1.82) is 0 Å². The summed E-state index contributed by atoms with van der Waals surface area (Å²) in [6, 6.07) is 4.97. The normalized spacial score (nSPS) is 15.8. The second-order valence-corrected chi connectivity index (χ2v) is 7.30. The van der Waals surface area contributed by atoms with Crippen LogP contribution in [0.2, 0.25) is 10.0 Å². The number of rotatable bonds is 7. The smallest absolute Gasteiger partial charge is 0.243 e. The van der Waals surface area contributed by atoms with E-state index in [1.54, 1.807) is 30.0 Å². The van der Waals surface area contributed by atoms with Gasteiger partial charge < -0.3 is 10.2 Å². The number of nitrogens with zero attached hydrogens (tertiary/aromatic N) is 1. The molecule has 0 bridgehead atoms. The minimum absolute atomic E-state index is 0.0793. The van der Waals surface area contributed by atoms with Crippen LogP contribution in [-0.4, -0.2) is 28.8 Å². The second-order valence-electron chi connectivity index (χ2n) is 6.49. The topological polar surface area (TPSA) is 49.4 Å². The lowest BCUT2D eigenvalue weighted by molar-refractivity contribution is -0.141. The van der Waals surface area contributed by atoms with Gasteiger partial charge in [0.15, 0.2) is 0 Å². The first-order valence-corrected chi connectivity index (χ1v) is 9.76. The van der Waals surface area contributed by atoms with Crippen LogP contribution in [0.3, 0.4) is 0 Å². The largest absolute Gasteiger partial charge is 0.352 e. The zero-order valence-electron chi connectivity index (χ0n) is 14.9. The highest BCUT2D eigenvalue weighted by Gasteiger charge is 2.30. The zero-order chi connectivity index (χ0) is 18.4. The van der Waals surface area contributed by atoms with Crippen LogP contribution in [0.15, 0.2) is 18.2 Å². The van der Waals surface area contributed by atoms with E-state index < -0.39 is 6.04 Å². The van der Waals surface area contributed by atoms with E-state index in [4.69, 9.17) is 23.2 Å². The molecule has 25 heavy (non-hydrogen) atoms. The Labute approximate surface area is 159 Å². The lowest BCUT2D eigenvalue weighted by atomic mass is 10.1. The SMILES string of the molecule is CCC(=O)N(Cc1c(Cl)cccc1Cl)C(CC)C(=O)NC1CCCC1. The molecule has 0 heterocycles. The Kier molecular flexibility index (Phi) is 7.57. The molecule has 0 aliphatic heterocycles. The van der Waals surface area contributed by atoms with Crippen molar-refractivity contribution in [3.05, 3.63) is 33.8 Å². The van der Waals surface area contributed by atoms with E-state index in [0.717, 1.165) is 25.7 Å². The molecule has 1 aromatic carbocycles. The molecule has 0 aromatic heterocycles. The number of hydrogen-bond acceptors (Lipinski definition) is 2. The maximum atomic E-state index is 12.8. The van der Waals surface area contributed by atoms with Crippen LogP contribution in [0.4, 0.5) is 0 Å². The fourth-order valence-corrected chi connectivity index (χ4v) is 3.86. The summed E-state index contributed by atoms with van der Waals surface area (Å²) in [5.74, 6) is -0.163. The van der Waals surface area contributed by atoms with Gasteiger partial charge in [-0.1, -0.05) is 56.0 Å². The highest BCUT2D eigenvalue weighted by molar-refractivity contribution is 6.36. The molecule has 4 nitrogen and oxygen atoms in total. The van der Waals surface area contributed by atoms with E-state index >= 15 is 0 Å². The molecule has 2 rings (SSSR count). The van der Waals surface area contributed by atoms with Crippen molar-refractivity contribution in [2.24, 2.45) is 0 Å². The van der Waals surface area contributed by atoms with Crippen molar-refractivity contribution in [2.45, 2.75) is 71.0 Å². The van der Waals surface area contributed by atoms with E-state index in [2.05, 4.69) is 5.32 Å². The molecule has 138 valence electrons. The molecule has 1 unspecified atom stereocenters. The number of amides is 2. The highest BCUT2D eigenvalue weighted by Crippen LogP contribution is 2.27. The van der Waals surface area contributed by atoms with E-state index in [0.29, 0.717) is 28.5 Å². The molecule has 1 atom stereocenters. The second kappa shape index (κ2) is 9.44. The Morgan fingerprint density at radius 1 is 1.20 bits per heavy atom. The summed E-state index contributed by atoms with van der Waals surface area (Å²) < 4.78 is 0. The zero-order valence-corrected chi connectivity index (χ0v) is 16.4. The third-order valence-electron chi connectivity index (χ3n) is 4.78. The standard InChI is InChI=1S/C19H26Cl2N2O2/c1-3-17(19(25)22-13-8-5-6-9-13)23(18(24)4-2)12-14-15(20)10-7-11-16(14)21/h7,10-11,13,17H,3-6,8-9,12H2,1-2H3,(H,22,25). The van der Waals surface area contributed by atoms with Crippen molar-refractivity contribution < 1.29 is 9.59 Å². The van der Waals surface area contributed by atoms with Crippen molar-refractivity contribution in [3.8, 4) is 0 Å². The minimum Gasteiger partial charge on any atom is -0.352 e. The average molecular weight is 385 g/mol. The minimum atomic E-state index is -0.514. The monoisotopic (exact) mass is 384 g/mol.